The third kappa shape index (κ3) is 3.80. The lowest BCUT2D eigenvalue weighted by Crippen LogP contribution is -2.30. The van der Waals surface area contributed by atoms with Gasteiger partial charge in [-0.25, -0.2) is 4.79 Å². The van der Waals surface area contributed by atoms with Crippen molar-refractivity contribution < 1.29 is 18.7 Å². The van der Waals surface area contributed by atoms with Gasteiger partial charge in [-0.3, -0.25) is 4.79 Å². The highest BCUT2D eigenvalue weighted by molar-refractivity contribution is 5.98. The first-order valence-electron chi connectivity index (χ1n) is 7.44. The van der Waals surface area contributed by atoms with Crippen LogP contribution < -0.4 is 5.32 Å². The van der Waals surface area contributed by atoms with E-state index >= 15 is 0 Å². The van der Waals surface area contributed by atoms with E-state index in [0.29, 0.717) is 22.8 Å². The molecule has 2 rings (SSSR count). The summed E-state index contributed by atoms with van der Waals surface area (Å²) >= 11 is 0. The lowest BCUT2D eigenvalue weighted by molar-refractivity contribution is -0.123. The fourth-order valence-electron chi connectivity index (χ4n) is 2.25. The van der Waals surface area contributed by atoms with Gasteiger partial charge in [0.2, 0.25) is 0 Å². The van der Waals surface area contributed by atoms with E-state index in [2.05, 4.69) is 5.32 Å². The second-order valence-corrected chi connectivity index (χ2v) is 5.62. The number of hydrogen-bond donors (Lipinski definition) is 1. The molecule has 0 radical (unpaired) electrons. The van der Waals surface area contributed by atoms with Crippen molar-refractivity contribution >= 4 is 17.6 Å². The molecule has 1 heterocycles. The predicted octanol–water partition coefficient (Wildman–Crippen LogP) is 3.70. The van der Waals surface area contributed by atoms with Gasteiger partial charge in [-0.1, -0.05) is 17.7 Å². The molecule has 0 unspecified atom stereocenters. The third-order valence-electron chi connectivity index (χ3n) is 3.74. The van der Waals surface area contributed by atoms with Crippen molar-refractivity contribution in [3.05, 3.63) is 52.5 Å². The van der Waals surface area contributed by atoms with Crippen LogP contribution in [0.2, 0.25) is 0 Å². The lowest BCUT2D eigenvalue weighted by atomic mass is 10.1. The number of esters is 1. The van der Waals surface area contributed by atoms with Crippen molar-refractivity contribution in [2.75, 3.05) is 5.32 Å². The normalized spacial score (nSPS) is 11.9. The van der Waals surface area contributed by atoms with Gasteiger partial charge in [0, 0.05) is 11.3 Å². The molecule has 122 valence electrons. The largest absolute Gasteiger partial charge is 0.465 e. The number of carbonyl (C=O) groups excluding carboxylic acids is 2. The van der Waals surface area contributed by atoms with Crippen LogP contribution in [0.5, 0.6) is 0 Å². The number of aryl methyl sites for hydroxylation is 3. The van der Waals surface area contributed by atoms with Crippen LogP contribution in [-0.2, 0) is 9.53 Å². The Morgan fingerprint density at radius 3 is 2.17 bits per heavy atom. The Kier molecular flexibility index (Phi) is 4.89. The molecule has 1 aromatic heterocycles. The molecule has 0 aliphatic heterocycles. The number of furan rings is 1. The number of anilines is 1. The second kappa shape index (κ2) is 6.69. The number of amides is 1. The molecule has 2 aromatic rings. The number of carbonyl (C=O) groups is 2. The molecule has 1 aromatic carbocycles. The van der Waals surface area contributed by atoms with Crippen LogP contribution >= 0.6 is 0 Å². The van der Waals surface area contributed by atoms with Gasteiger partial charge in [0.15, 0.2) is 6.10 Å². The summed E-state index contributed by atoms with van der Waals surface area (Å²) in [6, 6.07) is 7.39. The van der Waals surface area contributed by atoms with Crippen molar-refractivity contribution in [3.63, 3.8) is 0 Å². The maximum Gasteiger partial charge on any atom is 0.342 e. The van der Waals surface area contributed by atoms with E-state index < -0.39 is 12.1 Å². The van der Waals surface area contributed by atoms with E-state index in [-0.39, 0.29) is 5.91 Å². The van der Waals surface area contributed by atoms with E-state index in [4.69, 9.17) is 9.15 Å². The molecule has 5 nitrogen and oxygen atoms in total. The standard InChI is InChI=1S/C18H21NO4/c1-10-6-8-15(9-7-10)19-17(20)14(5)23-18(21)16-11(2)12(3)22-13(16)4/h6-9,14H,1-5H3,(H,19,20)/t14-/m1/s1. The van der Waals surface area contributed by atoms with Crippen molar-refractivity contribution in [2.24, 2.45) is 0 Å². The third-order valence-corrected chi connectivity index (χ3v) is 3.74. The molecule has 0 bridgehead atoms. The van der Waals surface area contributed by atoms with Crippen molar-refractivity contribution in [1.82, 2.24) is 0 Å². The van der Waals surface area contributed by atoms with E-state index in [0.717, 1.165) is 11.1 Å². The van der Waals surface area contributed by atoms with Gasteiger partial charge >= 0.3 is 5.97 Å². The van der Waals surface area contributed by atoms with Gasteiger partial charge in [-0.2, -0.15) is 0 Å². The molecule has 0 spiro atoms. The Morgan fingerprint density at radius 2 is 1.65 bits per heavy atom. The van der Waals surface area contributed by atoms with Crippen LogP contribution in [0.15, 0.2) is 28.7 Å². The molecule has 0 saturated heterocycles. The Balaban J connectivity index is 2.03. The van der Waals surface area contributed by atoms with E-state index in [1.54, 1.807) is 39.8 Å². The minimum atomic E-state index is -0.905. The minimum absolute atomic E-state index is 0.377. The van der Waals surface area contributed by atoms with E-state index in [9.17, 15) is 9.59 Å². The van der Waals surface area contributed by atoms with E-state index in [1.807, 2.05) is 19.1 Å². The van der Waals surface area contributed by atoms with Crippen LogP contribution in [-0.4, -0.2) is 18.0 Å². The highest BCUT2D eigenvalue weighted by atomic mass is 16.5. The SMILES string of the molecule is Cc1ccc(NC(=O)[C@@H](C)OC(=O)c2c(C)oc(C)c2C)cc1. The second-order valence-electron chi connectivity index (χ2n) is 5.62. The summed E-state index contributed by atoms with van der Waals surface area (Å²) in [6.45, 7) is 8.78. The number of rotatable bonds is 4. The topological polar surface area (TPSA) is 68.5 Å². The van der Waals surface area contributed by atoms with Gasteiger partial charge in [0.05, 0.1) is 0 Å². The number of ether oxygens (including phenoxy) is 1. The summed E-state index contributed by atoms with van der Waals surface area (Å²) in [5.41, 5.74) is 2.88. The molecule has 0 saturated carbocycles. The van der Waals surface area contributed by atoms with Crippen LogP contribution in [0, 0.1) is 27.7 Å². The van der Waals surface area contributed by atoms with Gasteiger partial charge in [-0.05, 0) is 46.8 Å². The highest BCUT2D eigenvalue weighted by Crippen LogP contribution is 2.22. The summed E-state index contributed by atoms with van der Waals surface area (Å²) in [7, 11) is 0. The van der Waals surface area contributed by atoms with E-state index in [1.165, 1.54) is 0 Å². The van der Waals surface area contributed by atoms with Crippen LogP contribution in [0.25, 0.3) is 0 Å². The molecular weight excluding hydrogens is 294 g/mol. The zero-order valence-corrected chi connectivity index (χ0v) is 14.0. The summed E-state index contributed by atoms with van der Waals surface area (Å²) in [4.78, 5) is 24.4. The predicted molar refractivity (Wildman–Crippen MR) is 87.6 cm³/mol. The average Bonchev–Trinajstić information content (AvgIpc) is 2.74. The Hall–Kier alpha value is -2.56. The maximum atomic E-state index is 12.2. The summed E-state index contributed by atoms with van der Waals surface area (Å²) in [5.74, 6) is 0.239. The minimum Gasteiger partial charge on any atom is -0.465 e. The molecule has 1 atom stereocenters. The number of hydrogen-bond acceptors (Lipinski definition) is 4. The Bertz CT molecular complexity index is 728. The molecule has 1 amide bonds. The first kappa shape index (κ1) is 16.8. The van der Waals surface area contributed by atoms with Crippen molar-refractivity contribution in [1.29, 1.82) is 0 Å². The molecule has 1 N–H and O–H groups in total. The average molecular weight is 315 g/mol. The van der Waals surface area contributed by atoms with Crippen LogP contribution in [0.4, 0.5) is 5.69 Å². The highest BCUT2D eigenvalue weighted by Gasteiger charge is 2.24. The first-order chi connectivity index (χ1) is 10.8. The van der Waals surface area contributed by atoms with Gasteiger partial charge < -0.3 is 14.5 Å². The molecule has 0 aliphatic rings. The molecular formula is C18H21NO4. The number of nitrogens with one attached hydrogen (secondary N) is 1. The van der Waals surface area contributed by atoms with Gasteiger partial charge in [0.1, 0.15) is 17.1 Å². The summed E-state index contributed by atoms with van der Waals surface area (Å²) < 4.78 is 10.7. The summed E-state index contributed by atoms with van der Waals surface area (Å²) in [6.07, 6.45) is -0.905. The Labute approximate surface area is 135 Å². The molecule has 0 fully saturated rings. The molecule has 23 heavy (non-hydrogen) atoms. The van der Waals surface area contributed by atoms with Gasteiger partial charge in [-0.15, -0.1) is 0 Å². The van der Waals surface area contributed by atoms with Crippen molar-refractivity contribution in [3.8, 4) is 0 Å². The maximum absolute atomic E-state index is 12.2. The van der Waals surface area contributed by atoms with Crippen molar-refractivity contribution in [2.45, 2.75) is 40.7 Å². The number of benzene rings is 1. The fourth-order valence-corrected chi connectivity index (χ4v) is 2.25. The smallest absolute Gasteiger partial charge is 0.342 e. The zero-order chi connectivity index (χ0) is 17.1. The quantitative estimate of drug-likeness (QED) is 0.874. The summed E-state index contributed by atoms with van der Waals surface area (Å²) in [5, 5.41) is 2.72. The molecule has 5 heteroatoms. The van der Waals surface area contributed by atoms with Crippen LogP contribution in [0.3, 0.4) is 0 Å². The van der Waals surface area contributed by atoms with Gasteiger partial charge in [0.25, 0.3) is 5.91 Å². The lowest BCUT2D eigenvalue weighted by Gasteiger charge is -2.13. The first-order valence-corrected chi connectivity index (χ1v) is 7.44. The molecule has 0 aliphatic carbocycles. The van der Waals surface area contributed by atoms with Crippen LogP contribution in [0.1, 0.15) is 39.9 Å². The Morgan fingerprint density at radius 1 is 1.04 bits per heavy atom. The fraction of sp³-hybridized carbons (Fsp3) is 0.333. The monoisotopic (exact) mass is 315 g/mol. The zero-order valence-electron chi connectivity index (χ0n) is 14.0.